The molecule has 6 nitrogen and oxygen atoms in total. The molecule has 0 saturated carbocycles. The predicted molar refractivity (Wildman–Crippen MR) is 154 cm³/mol. The standard InChI is InChI=1S/C29H38Cl2N4O2/c1-16(2)33-22-13-19(20(31)14-32-22)23-24(28(3,4)5)25(35-26(23)29(6,7)8)27(37)34-21(15-36)17-10-9-11-18(30)12-17/h9-14,16,21,35-36H,15H2,1-8H3,(H,32,33)(H,34,37)/t21-/m1/s1. The number of amides is 1. The first-order valence-corrected chi connectivity index (χ1v) is 13.3. The molecule has 3 aromatic rings. The van der Waals surface area contributed by atoms with Gasteiger partial charge in [-0.25, -0.2) is 4.98 Å². The van der Waals surface area contributed by atoms with E-state index in [0.29, 0.717) is 21.6 Å². The van der Waals surface area contributed by atoms with Crippen LogP contribution in [0.2, 0.25) is 10.0 Å². The zero-order valence-electron chi connectivity index (χ0n) is 22.9. The minimum Gasteiger partial charge on any atom is -0.394 e. The number of benzene rings is 1. The highest BCUT2D eigenvalue weighted by Crippen LogP contribution is 2.45. The molecule has 3 rings (SSSR count). The number of aliphatic hydroxyl groups excluding tert-OH is 1. The Morgan fingerprint density at radius 1 is 1.08 bits per heavy atom. The van der Waals surface area contributed by atoms with Crippen LogP contribution < -0.4 is 10.6 Å². The van der Waals surface area contributed by atoms with Crippen LogP contribution in [0.4, 0.5) is 5.82 Å². The summed E-state index contributed by atoms with van der Waals surface area (Å²) >= 11 is 12.9. The lowest BCUT2D eigenvalue weighted by Crippen LogP contribution is -2.32. The van der Waals surface area contributed by atoms with E-state index in [1.165, 1.54) is 0 Å². The lowest BCUT2D eigenvalue weighted by molar-refractivity contribution is 0.0909. The molecule has 1 amide bonds. The number of carbonyl (C=O) groups excluding carboxylic acids is 1. The van der Waals surface area contributed by atoms with Gasteiger partial charge in [-0.2, -0.15) is 0 Å². The molecule has 8 heteroatoms. The van der Waals surface area contributed by atoms with Gasteiger partial charge in [0.15, 0.2) is 0 Å². The first kappa shape index (κ1) is 29.0. The third-order valence-corrected chi connectivity index (χ3v) is 6.56. The molecule has 0 aliphatic carbocycles. The molecule has 0 fully saturated rings. The maximum atomic E-state index is 13.8. The Morgan fingerprint density at radius 3 is 2.30 bits per heavy atom. The summed E-state index contributed by atoms with van der Waals surface area (Å²) in [7, 11) is 0. The third kappa shape index (κ3) is 6.67. The summed E-state index contributed by atoms with van der Waals surface area (Å²) in [6.07, 6.45) is 1.65. The van der Waals surface area contributed by atoms with E-state index in [9.17, 15) is 9.90 Å². The molecular weight excluding hydrogens is 507 g/mol. The van der Waals surface area contributed by atoms with Gasteiger partial charge in [-0.15, -0.1) is 0 Å². The number of hydrogen-bond acceptors (Lipinski definition) is 4. The predicted octanol–water partition coefficient (Wildman–Crippen LogP) is 7.26. The van der Waals surface area contributed by atoms with Crippen molar-refractivity contribution in [3.05, 3.63) is 69.1 Å². The van der Waals surface area contributed by atoms with Crippen molar-refractivity contribution in [2.75, 3.05) is 11.9 Å². The molecule has 0 bridgehead atoms. The van der Waals surface area contributed by atoms with E-state index in [2.05, 4.69) is 62.1 Å². The fourth-order valence-corrected chi connectivity index (χ4v) is 4.84. The summed E-state index contributed by atoms with van der Waals surface area (Å²) in [5, 5.41) is 17.5. The molecular formula is C29H38Cl2N4O2. The van der Waals surface area contributed by atoms with Crippen molar-refractivity contribution < 1.29 is 9.90 Å². The highest BCUT2D eigenvalue weighted by atomic mass is 35.5. The molecule has 0 saturated heterocycles. The van der Waals surface area contributed by atoms with Crippen LogP contribution in [0.25, 0.3) is 11.1 Å². The van der Waals surface area contributed by atoms with E-state index in [0.717, 1.165) is 27.9 Å². The van der Waals surface area contributed by atoms with Crippen molar-refractivity contribution >= 4 is 34.9 Å². The summed E-state index contributed by atoms with van der Waals surface area (Å²) in [5.41, 5.74) is 3.88. The average Bonchev–Trinajstić information content (AvgIpc) is 3.20. The Hall–Kier alpha value is -2.54. The number of nitrogens with one attached hydrogen (secondary N) is 3. The van der Waals surface area contributed by atoms with Crippen LogP contribution in [0.5, 0.6) is 0 Å². The van der Waals surface area contributed by atoms with E-state index in [-0.39, 0.29) is 24.0 Å². The van der Waals surface area contributed by atoms with Crippen molar-refractivity contribution in [3.8, 4) is 11.1 Å². The zero-order valence-corrected chi connectivity index (χ0v) is 24.4. The van der Waals surface area contributed by atoms with Gasteiger partial charge in [-0.3, -0.25) is 4.79 Å². The highest BCUT2D eigenvalue weighted by molar-refractivity contribution is 6.33. The molecule has 0 aliphatic rings. The average molecular weight is 546 g/mol. The maximum Gasteiger partial charge on any atom is 0.268 e. The highest BCUT2D eigenvalue weighted by Gasteiger charge is 2.35. The third-order valence-electron chi connectivity index (χ3n) is 6.03. The molecule has 2 aromatic heterocycles. The Morgan fingerprint density at radius 2 is 1.76 bits per heavy atom. The number of aromatic amines is 1. The quantitative estimate of drug-likeness (QED) is 0.252. The van der Waals surface area contributed by atoms with Crippen molar-refractivity contribution in [1.82, 2.24) is 15.3 Å². The maximum absolute atomic E-state index is 13.8. The molecule has 0 spiro atoms. The fourth-order valence-electron chi connectivity index (χ4n) is 4.45. The van der Waals surface area contributed by atoms with E-state index >= 15 is 0 Å². The van der Waals surface area contributed by atoms with Gasteiger partial charge in [-0.05, 0) is 48.6 Å². The van der Waals surface area contributed by atoms with Crippen LogP contribution in [0.3, 0.4) is 0 Å². The molecule has 1 aromatic carbocycles. The second kappa shape index (κ2) is 11.1. The molecule has 0 aliphatic heterocycles. The number of H-pyrrole nitrogens is 1. The first-order valence-electron chi connectivity index (χ1n) is 12.5. The van der Waals surface area contributed by atoms with Crippen LogP contribution in [-0.2, 0) is 10.8 Å². The second-order valence-electron chi connectivity index (χ2n) is 11.7. The molecule has 200 valence electrons. The second-order valence-corrected chi connectivity index (χ2v) is 12.6. The van der Waals surface area contributed by atoms with Gasteiger partial charge in [0.1, 0.15) is 11.5 Å². The Bertz CT molecular complexity index is 1270. The number of aromatic nitrogens is 2. The number of pyridine rings is 1. The zero-order chi connectivity index (χ0) is 27.7. The van der Waals surface area contributed by atoms with Crippen molar-refractivity contribution in [2.24, 2.45) is 0 Å². The van der Waals surface area contributed by atoms with Gasteiger partial charge < -0.3 is 20.7 Å². The monoisotopic (exact) mass is 544 g/mol. The number of hydrogen-bond donors (Lipinski definition) is 4. The number of carbonyl (C=O) groups is 1. The Kier molecular flexibility index (Phi) is 8.68. The molecule has 0 radical (unpaired) electrons. The van der Waals surface area contributed by atoms with Gasteiger partial charge >= 0.3 is 0 Å². The number of rotatable bonds is 7. The van der Waals surface area contributed by atoms with Crippen LogP contribution in [-0.4, -0.2) is 33.6 Å². The molecule has 1 atom stereocenters. The van der Waals surface area contributed by atoms with Crippen molar-refractivity contribution in [3.63, 3.8) is 0 Å². The lowest BCUT2D eigenvalue weighted by Gasteiger charge is -2.25. The van der Waals surface area contributed by atoms with Gasteiger partial charge in [0.05, 0.1) is 17.7 Å². The topological polar surface area (TPSA) is 90.0 Å². The van der Waals surface area contributed by atoms with Gasteiger partial charge in [-0.1, -0.05) is 76.9 Å². The molecule has 37 heavy (non-hydrogen) atoms. The van der Waals surface area contributed by atoms with Crippen molar-refractivity contribution in [2.45, 2.75) is 78.3 Å². The van der Waals surface area contributed by atoms with Gasteiger partial charge in [0, 0.05) is 39.5 Å². The summed E-state index contributed by atoms with van der Waals surface area (Å²) in [6.45, 7) is 16.4. The van der Waals surface area contributed by atoms with Crippen molar-refractivity contribution in [1.29, 1.82) is 0 Å². The molecule has 4 N–H and O–H groups in total. The SMILES string of the molecule is CC(C)Nc1cc(-c2c(C(C)(C)C)[nH]c(C(=O)N[C@H](CO)c3cccc(Cl)c3)c2C(C)(C)C)c(Cl)cn1. The number of aliphatic hydroxyl groups is 1. The van der Waals surface area contributed by atoms with Gasteiger partial charge in [0.2, 0.25) is 0 Å². The first-order chi connectivity index (χ1) is 17.1. The van der Waals surface area contributed by atoms with Crippen LogP contribution in [0, 0.1) is 0 Å². The Balaban J connectivity index is 2.23. The van der Waals surface area contributed by atoms with Crippen LogP contribution in [0.15, 0.2) is 36.5 Å². The lowest BCUT2D eigenvalue weighted by atomic mass is 9.78. The van der Waals surface area contributed by atoms with E-state index < -0.39 is 11.5 Å². The normalized spacial score (nSPS) is 13.1. The summed E-state index contributed by atoms with van der Waals surface area (Å²) in [5.74, 6) is 0.397. The largest absolute Gasteiger partial charge is 0.394 e. The molecule has 0 unspecified atom stereocenters. The molecule has 2 heterocycles. The fraction of sp³-hybridized carbons (Fsp3) is 0.448. The number of anilines is 1. The summed E-state index contributed by atoms with van der Waals surface area (Å²) < 4.78 is 0. The van der Waals surface area contributed by atoms with E-state index in [1.807, 2.05) is 26.0 Å². The number of nitrogens with zero attached hydrogens (tertiary/aromatic N) is 1. The number of halogens is 2. The smallest absolute Gasteiger partial charge is 0.268 e. The minimum atomic E-state index is -0.616. The van der Waals surface area contributed by atoms with Crippen LogP contribution >= 0.6 is 23.2 Å². The summed E-state index contributed by atoms with van der Waals surface area (Å²) in [6, 6.07) is 8.65. The minimum absolute atomic E-state index is 0.195. The van der Waals surface area contributed by atoms with E-state index in [4.69, 9.17) is 23.2 Å². The summed E-state index contributed by atoms with van der Waals surface area (Å²) in [4.78, 5) is 21.7. The van der Waals surface area contributed by atoms with Gasteiger partial charge in [0.25, 0.3) is 5.91 Å². The van der Waals surface area contributed by atoms with Crippen LogP contribution in [0.1, 0.15) is 88.7 Å². The van der Waals surface area contributed by atoms with E-state index in [1.54, 1.807) is 24.4 Å². The Labute approximate surface area is 230 Å².